The number of para-hydroxylation sites is 1. The molecule has 1 amide bonds. The third kappa shape index (κ3) is 7.09. The average Bonchev–Trinajstić information content (AvgIpc) is 3.56. The van der Waals surface area contributed by atoms with Gasteiger partial charge in [-0.05, 0) is 72.8 Å². The SMILES string of the molecule is COc1cc(OC)c(C(=O)Oc2ccc(C#Cc3ccc(NC(=O)c4ccc(-c5nc6ccccc6s5)cc4)cc3)cc2)cc1OC. The second kappa shape index (κ2) is 13.9. The van der Waals surface area contributed by atoms with Crippen LogP contribution in [0.1, 0.15) is 31.8 Å². The maximum Gasteiger partial charge on any atom is 0.347 e. The van der Waals surface area contributed by atoms with Crippen molar-refractivity contribution in [2.24, 2.45) is 0 Å². The first-order chi connectivity index (χ1) is 22.9. The normalized spacial score (nSPS) is 10.4. The Morgan fingerprint density at radius 2 is 1.32 bits per heavy atom. The Labute approximate surface area is 275 Å². The first kappa shape index (κ1) is 30.9. The molecule has 0 atom stereocenters. The number of hydrogen-bond acceptors (Lipinski definition) is 8. The summed E-state index contributed by atoms with van der Waals surface area (Å²) in [5, 5.41) is 3.85. The molecule has 0 fully saturated rings. The molecular weight excluding hydrogens is 612 g/mol. The fourth-order valence-corrected chi connectivity index (χ4v) is 5.67. The van der Waals surface area contributed by atoms with Crippen molar-refractivity contribution in [3.63, 3.8) is 0 Å². The fourth-order valence-electron chi connectivity index (χ4n) is 4.70. The number of rotatable bonds is 8. The minimum atomic E-state index is -0.602. The summed E-state index contributed by atoms with van der Waals surface area (Å²) in [6.07, 6.45) is 0. The van der Waals surface area contributed by atoms with Gasteiger partial charge in [0.2, 0.25) is 0 Å². The number of nitrogens with one attached hydrogen (secondary N) is 1. The molecule has 0 aliphatic heterocycles. The van der Waals surface area contributed by atoms with Crippen molar-refractivity contribution in [2.45, 2.75) is 0 Å². The molecule has 1 heterocycles. The number of amides is 1. The van der Waals surface area contributed by atoms with Crippen molar-refractivity contribution in [1.82, 2.24) is 4.98 Å². The quantitative estimate of drug-likeness (QED) is 0.103. The number of carbonyl (C=O) groups excluding carboxylic acids is 2. The van der Waals surface area contributed by atoms with Gasteiger partial charge in [-0.15, -0.1) is 11.3 Å². The van der Waals surface area contributed by atoms with Crippen LogP contribution in [0.25, 0.3) is 20.8 Å². The maximum absolute atomic E-state index is 12.9. The Morgan fingerprint density at radius 3 is 1.96 bits per heavy atom. The van der Waals surface area contributed by atoms with Crippen LogP contribution in [-0.2, 0) is 0 Å². The van der Waals surface area contributed by atoms with E-state index in [1.165, 1.54) is 27.4 Å². The van der Waals surface area contributed by atoms with E-state index in [4.69, 9.17) is 18.9 Å². The van der Waals surface area contributed by atoms with Gasteiger partial charge in [0.15, 0.2) is 11.5 Å². The van der Waals surface area contributed by atoms with Crippen molar-refractivity contribution in [3.05, 3.63) is 131 Å². The van der Waals surface area contributed by atoms with Gasteiger partial charge in [-0.1, -0.05) is 36.1 Å². The number of carbonyl (C=O) groups is 2. The molecule has 6 rings (SSSR count). The standard InChI is InChI=1S/C38H28N2O6S/c1-43-32-23-34(45-3)33(44-2)22-30(32)38(42)46-29-20-12-25(13-21-29)9-8-24-10-18-28(19-11-24)39-36(41)26-14-16-27(17-15-26)37-40-31-6-4-5-7-35(31)47-37/h4-7,10-23H,1-3H3,(H,39,41). The van der Waals surface area contributed by atoms with E-state index >= 15 is 0 Å². The minimum absolute atomic E-state index is 0.201. The van der Waals surface area contributed by atoms with Gasteiger partial charge in [0.25, 0.3) is 5.91 Å². The molecule has 9 heteroatoms. The molecule has 1 N–H and O–H groups in total. The van der Waals surface area contributed by atoms with Crippen LogP contribution in [0.15, 0.2) is 109 Å². The predicted molar refractivity (Wildman–Crippen MR) is 183 cm³/mol. The molecule has 8 nitrogen and oxygen atoms in total. The van der Waals surface area contributed by atoms with Crippen molar-refractivity contribution < 1.29 is 28.5 Å². The van der Waals surface area contributed by atoms with Crippen LogP contribution in [0.2, 0.25) is 0 Å². The smallest absolute Gasteiger partial charge is 0.347 e. The zero-order chi connectivity index (χ0) is 32.8. The molecule has 0 saturated carbocycles. The van der Waals surface area contributed by atoms with E-state index in [2.05, 4.69) is 28.2 Å². The first-order valence-corrected chi connectivity index (χ1v) is 15.3. The van der Waals surface area contributed by atoms with Gasteiger partial charge >= 0.3 is 5.97 Å². The number of ether oxygens (including phenoxy) is 4. The Balaban J connectivity index is 1.05. The topological polar surface area (TPSA) is 96.0 Å². The molecule has 1 aromatic heterocycles. The molecular formula is C38H28N2O6S. The van der Waals surface area contributed by atoms with Gasteiger partial charge in [-0.25, -0.2) is 9.78 Å². The molecule has 232 valence electrons. The van der Waals surface area contributed by atoms with Crippen LogP contribution in [0.4, 0.5) is 5.69 Å². The lowest BCUT2D eigenvalue weighted by Crippen LogP contribution is -2.11. The predicted octanol–water partition coefficient (Wildman–Crippen LogP) is 7.86. The number of fused-ring (bicyclic) bond motifs is 1. The van der Waals surface area contributed by atoms with E-state index in [0.717, 1.165) is 31.9 Å². The van der Waals surface area contributed by atoms with Crippen molar-refractivity contribution >= 4 is 39.1 Å². The Kier molecular flexibility index (Phi) is 9.14. The molecule has 0 saturated heterocycles. The maximum atomic E-state index is 12.9. The number of esters is 1. The summed E-state index contributed by atoms with van der Waals surface area (Å²) in [6, 6.07) is 32.7. The molecule has 6 aromatic rings. The number of hydrogen-bond donors (Lipinski definition) is 1. The molecule has 0 unspecified atom stereocenters. The summed E-state index contributed by atoms with van der Waals surface area (Å²) >= 11 is 1.62. The van der Waals surface area contributed by atoms with E-state index in [9.17, 15) is 9.59 Å². The van der Waals surface area contributed by atoms with Crippen molar-refractivity contribution in [3.8, 4) is 45.4 Å². The third-order valence-electron chi connectivity index (χ3n) is 7.17. The fraction of sp³-hybridized carbons (Fsp3) is 0.0789. The minimum Gasteiger partial charge on any atom is -0.496 e. The van der Waals surface area contributed by atoms with E-state index in [0.29, 0.717) is 34.2 Å². The molecule has 47 heavy (non-hydrogen) atoms. The summed E-state index contributed by atoms with van der Waals surface area (Å²) < 4.78 is 22.6. The molecule has 0 radical (unpaired) electrons. The summed E-state index contributed by atoms with van der Waals surface area (Å²) in [4.78, 5) is 30.4. The highest BCUT2D eigenvalue weighted by molar-refractivity contribution is 7.21. The van der Waals surface area contributed by atoms with Crippen molar-refractivity contribution in [2.75, 3.05) is 26.6 Å². The first-order valence-electron chi connectivity index (χ1n) is 14.5. The number of anilines is 1. The zero-order valence-corrected chi connectivity index (χ0v) is 26.5. The molecule has 5 aromatic carbocycles. The lowest BCUT2D eigenvalue weighted by Gasteiger charge is -2.13. The summed E-state index contributed by atoms with van der Waals surface area (Å²) in [7, 11) is 4.45. The van der Waals surface area contributed by atoms with Gasteiger partial charge in [-0.2, -0.15) is 0 Å². The van der Waals surface area contributed by atoms with Gasteiger partial charge in [-0.3, -0.25) is 4.79 Å². The second-order valence-electron chi connectivity index (χ2n) is 10.2. The van der Waals surface area contributed by atoms with Crippen LogP contribution < -0.4 is 24.3 Å². The highest BCUT2D eigenvalue weighted by Gasteiger charge is 2.19. The molecule has 0 aliphatic carbocycles. The number of thiazole rings is 1. The van der Waals surface area contributed by atoms with Crippen LogP contribution in [0, 0.1) is 11.8 Å². The van der Waals surface area contributed by atoms with Gasteiger partial charge in [0.1, 0.15) is 22.1 Å². The lowest BCUT2D eigenvalue weighted by atomic mass is 10.1. The molecule has 0 aliphatic rings. The highest BCUT2D eigenvalue weighted by Crippen LogP contribution is 2.35. The lowest BCUT2D eigenvalue weighted by molar-refractivity contribution is 0.0730. The summed E-state index contributed by atoms with van der Waals surface area (Å²) in [6.45, 7) is 0. The largest absolute Gasteiger partial charge is 0.496 e. The van der Waals surface area contributed by atoms with Crippen LogP contribution in [0.3, 0.4) is 0 Å². The van der Waals surface area contributed by atoms with Gasteiger partial charge in [0.05, 0.1) is 31.5 Å². The van der Waals surface area contributed by atoms with Crippen LogP contribution in [0.5, 0.6) is 23.0 Å². The Morgan fingerprint density at radius 1 is 0.702 bits per heavy atom. The Hall–Kier alpha value is -6.11. The number of aromatic nitrogens is 1. The average molecular weight is 641 g/mol. The monoisotopic (exact) mass is 640 g/mol. The molecule has 0 bridgehead atoms. The Bertz CT molecular complexity index is 2090. The molecule has 0 spiro atoms. The summed E-state index contributed by atoms with van der Waals surface area (Å²) in [5.74, 6) is 6.88. The number of benzene rings is 5. The van der Waals surface area contributed by atoms with Crippen molar-refractivity contribution in [1.29, 1.82) is 0 Å². The van der Waals surface area contributed by atoms with Gasteiger partial charge in [0, 0.05) is 40.1 Å². The number of methoxy groups -OCH3 is 3. The van der Waals surface area contributed by atoms with E-state index in [1.807, 2.05) is 54.6 Å². The second-order valence-corrected chi connectivity index (χ2v) is 11.2. The van der Waals surface area contributed by atoms with Crippen LogP contribution >= 0.6 is 11.3 Å². The third-order valence-corrected chi connectivity index (χ3v) is 8.26. The van der Waals surface area contributed by atoms with Gasteiger partial charge < -0.3 is 24.3 Å². The zero-order valence-electron chi connectivity index (χ0n) is 25.7. The van der Waals surface area contributed by atoms with Crippen LogP contribution in [-0.4, -0.2) is 38.2 Å². The highest BCUT2D eigenvalue weighted by atomic mass is 32.1. The summed E-state index contributed by atoms with van der Waals surface area (Å²) in [5.41, 5.74) is 4.86. The number of nitrogens with zero attached hydrogens (tertiary/aromatic N) is 1. The van der Waals surface area contributed by atoms with E-state index in [1.54, 1.807) is 53.8 Å². The van der Waals surface area contributed by atoms with E-state index in [-0.39, 0.29) is 11.5 Å². The van der Waals surface area contributed by atoms with E-state index < -0.39 is 5.97 Å².